The average Bonchev–Trinajstić information content (AvgIpc) is 2.74. The Balaban J connectivity index is 1.64. The van der Waals surface area contributed by atoms with Crippen LogP contribution in [-0.2, 0) is 0 Å². The minimum atomic E-state index is 0.686. The summed E-state index contributed by atoms with van der Waals surface area (Å²) < 4.78 is 0.955. The molecule has 0 saturated heterocycles. The van der Waals surface area contributed by atoms with E-state index in [1.54, 1.807) is 12.8 Å². The predicted molar refractivity (Wildman–Crippen MR) is 93.8 cm³/mol. The Labute approximate surface area is 139 Å². The van der Waals surface area contributed by atoms with Crippen LogP contribution in [0.1, 0.15) is 71.6 Å². The van der Waals surface area contributed by atoms with Crippen LogP contribution in [0.25, 0.3) is 0 Å². The molecule has 0 spiro atoms. The molecular formula is C19H30I. The van der Waals surface area contributed by atoms with E-state index in [0.717, 1.165) is 27.6 Å². The number of hydrogen-bond acceptors (Lipinski definition) is 0. The quantitative estimate of drug-likeness (QED) is 0.352. The molecule has 4 rings (SSSR count). The van der Waals surface area contributed by atoms with Crippen molar-refractivity contribution >= 4 is 22.6 Å². The number of rotatable bonds is 0. The van der Waals surface area contributed by atoms with Crippen molar-refractivity contribution in [2.75, 3.05) is 0 Å². The molecule has 7 atom stereocenters. The lowest BCUT2D eigenvalue weighted by Crippen LogP contribution is -2.52. The summed E-state index contributed by atoms with van der Waals surface area (Å²) in [5.41, 5.74) is 1.38. The lowest BCUT2D eigenvalue weighted by molar-refractivity contribution is -0.0954. The van der Waals surface area contributed by atoms with Gasteiger partial charge in [-0.25, -0.2) is 0 Å². The molecule has 1 radical (unpaired) electrons. The minimum Gasteiger partial charge on any atom is -0.0820 e. The van der Waals surface area contributed by atoms with Gasteiger partial charge >= 0.3 is 0 Å². The molecule has 0 N–H and O–H groups in total. The molecule has 20 heavy (non-hydrogen) atoms. The number of alkyl halides is 1. The number of fused-ring (bicyclic) bond motifs is 5. The molecule has 4 aliphatic rings. The topological polar surface area (TPSA) is 0 Å². The second kappa shape index (κ2) is 4.86. The van der Waals surface area contributed by atoms with Gasteiger partial charge in [0, 0.05) is 3.92 Å². The number of hydrogen-bond donors (Lipinski definition) is 0. The van der Waals surface area contributed by atoms with E-state index in [9.17, 15) is 0 Å². The third kappa shape index (κ3) is 1.83. The predicted octanol–water partition coefficient (Wildman–Crippen LogP) is 6.04. The van der Waals surface area contributed by atoms with Gasteiger partial charge in [-0.1, -0.05) is 36.4 Å². The molecule has 4 saturated carbocycles. The van der Waals surface area contributed by atoms with Crippen LogP contribution in [0.4, 0.5) is 0 Å². The van der Waals surface area contributed by atoms with Crippen molar-refractivity contribution in [3.05, 3.63) is 6.42 Å². The first-order chi connectivity index (χ1) is 9.56. The summed E-state index contributed by atoms with van der Waals surface area (Å²) in [5.74, 6) is 4.23. The van der Waals surface area contributed by atoms with Crippen molar-refractivity contribution in [3.63, 3.8) is 0 Å². The van der Waals surface area contributed by atoms with E-state index in [2.05, 4.69) is 42.9 Å². The van der Waals surface area contributed by atoms with Crippen LogP contribution < -0.4 is 0 Å². The van der Waals surface area contributed by atoms with E-state index in [0.29, 0.717) is 10.8 Å². The molecule has 4 aliphatic carbocycles. The van der Waals surface area contributed by atoms with Crippen LogP contribution in [0.5, 0.6) is 0 Å². The molecular weight excluding hydrogens is 355 g/mol. The minimum absolute atomic E-state index is 0.686. The van der Waals surface area contributed by atoms with Gasteiger partial charge in [0.1, 0.15) is 0 Å². The Hall–Kier alpha value is 0.730. The second-order valence-corrected chi connectivity index (χ2v) is 10.3. The van der Waals surface area contributed by atoms with Crippen molar-refractivity contribution in [3.8, 4) is 0 Å². The standard InChI is InChI=1S/C19H30I/c1-18-11-4-3-5-13(18)6-7-14-15-8-9-17(20)19(15,2)12-10-16(14)18/h3,13-17H,4-12H2,1-2H3. The fourth-order valence-electron chi connectivity index (χ4n) is 6.98. The molecule has 4 fully saturated rings. The first-order valence-corrected chi connectivity index (χ1v) is 10.3. The molecule has 0 nitrogen and oxygen atoms in total. The average molecular weight is 385 g/mol. The summed E-state index contributed by atoms with van der Waals surface area (Å²) in [6, 6.07) is 0. The van der Waals surface area contributed by atoms with Gasteiger partial charge in [0.2, 0.25) is 0 Å². The largest absolute Gasteiger partial charge is 0.0820 e. The van der Waals surface area contributed by atoms with E-state index in [4.69, 9.17) is 0 Å². The van der Waals surface area contributed by atoms with Crippen molar-refractivity contribution in [2.24, 2.45) is 34.5 Å². The van der Waals surface area contributed by atoms with Gasteiger partial charge < -0.3 is 0 Å². The van der Waals surface area contributed by atoms with Gasteiger partial charge in [0.15, 0.2) is 0 Å². The van der Waals surface area contributed by atoms with E-state index in [-0.39, 0.29) is 0 Å². The van der Waals surface area contributed by atoms with Gasteiger partial charge in [-0.3, -0.25) is 0 Å². The van der Waals surface area contributed by atoms with Crippen LogP contribution >= 0.6 is 22.6 Å². The van der Waals surface area contributed by atoms with E-state index in [1.165, 1.54) is 44.9 Å². The summed E-state index contributed by atoms with van der Waals surface area (Å²) in [7, 11) is 0. The monoisotopic (exact) mass is 385 g/mol. The van der Waals surface area contributed by atoms with E-state index in [1.807, 2.05) is 0 Å². The highest BCUT2D eigenvalue weighted by atomic mass is 127. The summed E-state index contributed by atoms with van der Waals surface area (Å²) >= 11 is 2.78. The van der Waals surface area contributed by atoms with Gasteiger partial charge in [-0.15, -0.1) is 0 Å². The first kappa shape index (κ1) is 14.3. The van der Waals surface area contributed by atoms with Gasteiger partial charge in [-0.05, 0) is 98.7 Å². The number of halogens is 1. The zero-order valence-electron chi connectivity index (χ0n) is 13.2. The first-order valence-electron chi connectivity index (χ1n) is 9.01. The third-order valence-electron chi connectivity index (χ3n) is 8.29. The van der Waals surface area contributed by atoms with Crippen LogP contribution in [0.15, 0.2) is 0 Å². The maximum atomic E-state index is 2.78. The molecule has 0 aromatic rings. The van der Waals surface area contributed by atoms with Crippen LogP contribution in [0.2, 0.25) is 0 Å². The molecule has 0 aliphatic heterocycles. The van der Waals surface area contributed by atoms with Gasteiger partial charge in [0.25, 0.3) is 0 Å². The Morgan fingerprint density at radius 3 is 2.55 bits per heavy atom. The molecule has 0 heterocycles. The molecule has 113 valence electrons. The van der Waals surface area contributed by atoms with Crippen LogP contribution in [0, 0.1) is 40.9 Å². The van der Waals surface area contributed by atoms with E-state index < -0.39 is 0 Å². The second-order valence-electron chi connectivity index (χ2n) is 8.81. The zero-order chi connectivity index (χ0) is 14.0. The summed E-state index contributed by atoms with van der Waals surface area (Å²) in [4.78, 5) is 0. The molecule has 0 bridgehead atoms. The van der Waals surface area contributed by atoms with Crippen molar-refractivity contribution in [1.82, 2.24) is 0 Å². The highest BCUT2D eigenvalue weighted by Gasteiger charge is 2.59. The van der Waals surface area contributed by atoms with Gasteiger partial charge in [0.05, 0.1) is 0 Å². The summed E-state index contributed by atoms with van der Waals surface area (Å²) in [6.07, 6.45) is 16.1. The smallest absolute Gasteiger partial charge is 0.0166 e. The van der Waals surface area contributed by atoms with Crippen molar-refractivity contribution in [1.29, 1.82) is 0 Å². The Kier molecular flexibility index (Phi) is 3.48. The highest BCUT2D eigenvalue weighted by molar-refractivity contribution is 14.1. The van der Waals surface area contributed by atoms with Crippen molar-refractivity contribution in [2.45, 2.75) is 75.6 Å². The van der Waals surface area contributed by atoms with Crippen LogP contribution in [-0.4, -0.2) is 3.92 Å². The lowest BCUT2D eigenvalue weighted by Gasteiger charge is -2.60. The molecule has 1 heteroatoms. The SMILES string of the molecule is CC12CCC3C(CCC4C[CH]CCC43C)C1CCC2I. The Bertz CT molecular complexity index is 391. The molecule has 0 amide bonds. The van der Waals surface area contributed by atoms with Gasteiger partial charge in [-0.2, -0.15) is 0 Å². The fourth-order valence-corrected chi connectivity index (χ4v) is 8.11. The summed E-state index contributed by atoms with van der Waals surface area (Å²) in [5, 5.41) is 0. The molecule has 7 unspecified atom stereocenters. The third-order valence-corrected chi connectivity index (χ3v) is 10.3. The maximum absolute atomic E-state index is 2.78. The zero-order valence-corrected chi connectivity index (χ0v) is 15.4. The lowest BCUT2D eigenvalue weighted by atomic mass is 9.45. The highest BCUT2D eigenvalue weighted by Crippen LogP contribution is 2.67. The van der Waals surface area contributed by atoms with E-state index >= 15 is 0 Å². The summed E-state index contributed by atoms with van der Waals surface area (Å²) in [6.45, 7) is 5.32. The van der Waals surface area contributed by atoms with Crippen LogP contribution in [0.3, 0.4) is 0 Å². The Morgan fingerprint density at radius 2 is 1.70 bits per heavy atom. The molecule has 0 aromatic carbocycles. The van der Waals surface area contributed by atoms with Crippen molar-refractivity contribution < 1.29 is 0 Å². The maximum Gasteiger partial charge on any atom is 0.0166 e. The Morgan fingerprint density at radius 1 is 0.900 bits per heavy atom. The fraction of sp³-hybridized carbons (Fsp3) is 0.947. The normalized spacial score (nSPS) is 58.6. The molecule has 0 aromatic heterocycles.